The highest BCUT2D eigenvalue weighted by Crippen LogP contribution is 2.32. The van der Waals surface area contributed by atoms with Crippen LogP contribution in [0.25, 0.3) is 0 Å². The minimum Gasteiger partial charge on any atom is -0.502 e. The summed E-state index contributed by atoms with van der Waals surface area (Å²) < 4.78 is 12.8. The minimum absolute atomic E-state index is 0.0475. The van der Waals surface area contributed by atoms with Gasteiger partial charge in [-0.1, -0.05) is 11.6 Å². The van der Waals surface area contributed by atoms with E-state index in [0.29, 0.717) is 5.69 Å². The van der Waals surface area contributed by atoms with E-state index < -0.39 is 16.4 Å². The fourth-order valence-corrected chi connectivity index (χ4v) is 2.09. The van der Waals surface area contributed by atoms with Crippen LogP contribution in [0.1, 0.15) is 5.56 Å². The highest BCUT2D eigenvalue weighted by Gasteiger charge is 2.17. The molecule has 7 nitrogen and oxygen atoms in total. The summed E-state index contributed by atoms with van der Waals surface area (Å²) in [4.78, 5) is 10.0. The molecule has 2 rings (SSSR count). The minimum atomic E-state index is -0.757. The molecule has 2 aromatic rings. The van der Waals surface area contributed by atoms with Gasteiger partial charge < -0.3 is 10.4 Å². The van der Waals surface area contributed by atoms with Crippen molar-refractivity contribution in [2.75, 3.05) is 5.32 Å². The van der Waals surface area contributed by atoms with Gasteiger partial charge in [0.2, 0.25) is 5.75 Å². The van der Waals surface area contributed by atoms with Crippen molar-refractivity contribution in [2.45, 2.75) is 0 Å². The summed E-state index contributed by atoms with van der Waals surface area (Å²) >= 11 is 10.7. The van der Waals surface area contributed by atoms with Crippen molar-refractivity contribution in [3.63, 3.8) is 0 Å². The van der Waals surface area contributed by atoms with E-state index in [-0.39, 0.29) is 21.5 Å². The third-order valence-corrected chi connectivity index (χ3v) is 3.16. The lowest BCUT2D eigenvalue weighted by molar-refractivity contribution is -0.385. The van der Waals surface area contributed by atoms with E-state index in [0.717, 1.165) is 12.3 Å². The van der Waals surface area contributed by atoms with Crippen LogP contribution in [0.15, 0.2) is 41.5 Å². The lowest BCUT2D eigenvalue weighted by atomic mass is 10.2. The Hall–Kier alpha value is -2.78. The molecule has 3 N–H and O–H groups in total. The van der Waals surface area contributed by atoms with E-state index in [1.807, 2.05) is 0 Å². The van der Waals surface area contributed by atoms with Crippen LogP contribution >= 0.6 is 23.8 Å². The van der Waals surface area contributed by atoms with Crippen LogP contribution < -0.4 is 10.7 Å². The van der Waals surface area contributed by atoms with E-state index in [4.69, 9.17) is 23.8 Å². The molecule has 124 valence electrons. The summed E-state index contributed by atoms with van der Waals surface area (Å²) in [5, 5.41) is 27.3. The van der Waals surface area contributed by atoms with Gasteiger partial charge in [-0.3, -0.25) is 15.5 Å². The molecule has 0 saturated carbocycles. The number of hydrogen-bond donors (Lipinski definition) is 3. The maximum Gasteiger partial charge on any atom is 0.312 e. The maximum absolute atomic E-state index is 12.8. The SMILES string of the molecule is O=[N+]([O-])c1cc(Cl)cc(/C=N/NC(=S)Nc2ccc(F)cc2)c1O. The van der Waals surface area contributed by atoms with Gasteiger partial charge in [0.15, 0.2) is 5.11 Å². The highest BCUT2D eigenvalue weighted by atomic mass is 35.5. The van der Waals surface area contributed by atoms with Crippen LogP contribution in [-0.2, 0) is 0 Å². The average molecular weight is 369 g/mol. The van der Waals surface area contributed by atoms with Gasteiger partial charge in [-0.15, -0.1) is 0 Å². The van der Waals surface area contributed by atoms with Crippen molar-refractivity contribution in [3.05, 3.63) is 62.9 Å². The number of hydrazone groups is 1. The largest absolute Gasteiger partial charge is 0.502 e. The predicted octanol–water partition coefficient (Wildman–Crippen LogP) is 3.41. The van der Waals surface area contributed by atoms with Crippen molar-refractivity contribution in [1.29, 1.82) is 0 Å². The molecule has 0 radical (unpaired) electrons. The molecule has 0 bridgehead atoms. The van der Waals surface area contributed by atoms with E-state index in [2.05, 4.69) is 15.8 Å². The molecule has 0 aromatic heterocycles. The number of nitro groups is 1. The Bertz CT molecular complexity index is 814. The maximum atomic E-state index is 12.8. The first-order chi connectivity index (χ1) is 11.4. The number of nitro benzene ring substituents is 1. The smallest absolute Gasteiger partial charge is 0.312 e. The molecule has 0 aliphatic rings. The molecule has 2 aromatic carbocycles. The number of aromatic hydroxyl groups is 1. The summed E-state index contributed by atoms with van der Waals surface area (Å²) in [5.41, 5.74) is 2.52. The number of rotatable bonds is 4. The van der Waals surface area contributed by atoms with Gasteiger partial charge >= 0.3 is 5.69 Å². The molecule has 0 aliphatic carbocycles. The molecule has 0 aliphatic heterocycles. The fraction of sp³-hybridized carbons (Fsp3) is 0. The molecule has 0 atom stereocenters. The van der Waals surface area contributed by atoms with E-state index in [1.165, 1.54) is 30.3 Å². The monoisotopic (exact) mass is 368 g/mol. The Balaban J connectivity index is 2.05. The molecular weight excluding hydrogens is 359 g/mol. The molecular formula is C14H10ClFN4O3S. The van der Waals surface area contributed by atoms with Crippen LogP contribution in [-0.4, -0.2) is 21.4 Å². The first-order valence-electron chi connectivity index (χ1n) is 6.39. The summed E-state index contributed by atoms with van der Waals surface area (Å²) in [6.07, 6.45) is 1.13. The molecule has 0 fully saturated rings. The number of phenols is 1. The zero-order chi connectivity index (χ0) is 17.7. The number of hydrogen-bond acceptors (Lipinski definition) is 5. The summed E-state index contributed by atoms with van der Waals surface area (Å²) in [7, 11) is 0. The van der Waals surface area contributed by atoms with Crippen LogP contribution in [0, 0.1) is 15.9 Å². The standard InChI is InChI=1S/C14H10ClFN4O3S/c15-9-5-8(13(21)12(6-9)20(22)23)7-17-19-14(24)18-11-3-1-10(16)2-4-11/h1-7,21H,(H2,18,19,24)/b17-7+. The van der Waals surface area contributed by atoms with Crippen molar-refractivity contribution in [3.8, 4) is 5.75 Å². The van der Waals surface area contributed by atoms with Crippen LogP contribution in [0.5, 0.6) is 5.75 Å². The number of thiocarbonyl (C=S) groups is 1. The Kier molecular flexibility index (Phi) is 5.61. The number of phenolic OH excluding ortho intramolecular Hbond substituents is 1. The molecule has 0 saturated heterocycles. The second-order valence-corrected chi connectivity index (χ2v) is 5.30. The second kappa shape index (κ2) is 7.66. The van der Waals surface area contributed by atoms with Crippen LogP contribution in [0.4, 0.5) is 15.8 Å². The number of benzene rings is 2. The third kappa shape index (κ3) is 4.61. The van der Waals surface area contributed by atoms with Gasteiger partial charge in [0.05, 0.1) is 11.1 Å². The van der Waals surface area contributed by atoms with Gasteiger partial charge in [0.1, 0.15) is 5.82 Å². The zero-order valence-electron chi connectivity index (χ0n) is 11.9. The van der Waals surface area contributed by atoms with Gasteiger partial charge in [-0.2, -0.15) is 5.10 Å². The third-order valence-electron chi connectivity index (χ3n) is 2.75. The second-order valence-electron chi connectivity index (χ2n) is 4.45. The van der Waals surface area contributed by atoms with Crippen molar-refractivity contribution >= 4 is 46.5 Å². The van der Waals surface area contributed by atoms with Crippen LogP contribution in [0.3, 0.4) is 0 Å². The Labute approximate surface area is 145 Å². The molecule has 24 heavy (non-hydrogen) atoms. The first-order valence-corrected chi connectivity index (χ1v) is 7.18. The summed E-state index contributed by atoms with van der Waals surface area (Å²) in [5.74, 6) is -0.942. The quantitative estimate of drug-likeness (QED) is 0.331. The fourth-order valence-electron chi connectivity index (χ4n) is 1.70. The first kappa shape index (κ1) is 17.6. The zero-order valence-corrected chi connectivity index (χ0v) is 13.4. The number of anilines is 1. The molecule has 0 spiro atoms. The molecule has 0 heterocycles. The van der Waals surface area contributed by atoms with Crippen molar-refractivity contribution in [2.24, 2.45) is 5.10 Å². The van der Waals surface area contributed by atoms with E-state index in [9.17, 15) is 19.6 Å². The molecule has 0 amide bonds. The lowest BCUT2D eigenvalue weighted by Crippen LogP contribution is -2.23. The van der Waals surface area contributed by atoms with Gasteiger partial charge in [0, 0.05) is 22.3 Å². The van der Waals surface area contributed by atoms with E-state index >= 15 is 0 Å². The number of nitrogens with one attached hydrogen (secondary N) is 2. The highest BCUT2D eigenvalue weighted by molar-refractivity contribution is 7.80. The van der Waals surface area contributed by atoms with Gasteiger partial charge in [0.25, 0.3) is 0 Å². The Morgan fingerprint density at radius 1 is 1.38 bits per heavy atom. The van der Waals surface area contributed by atoms with Crippen molar-refractivity contribution in [1.82, 2.24) is 5.43 Å². The molecule has 10 heteroatoms. The van der Waals surface area contributed by atoms with Gasteiger partial charge in [-0.25, -0.2) is 4.39 Å². The number of halogens is 2. The summed E-state index contributed by atoms with van der Waals surface area (Å²) in [6, 6.07) is 7.83. The Morgan fingerprint density at radius 2 is 2.04 bits per heavy atom. The van der Waals surface area contributed by atoms with Crippen LogP contribution in [0.2, 0.25) is 5.02 Å². The Morgan fingerprint density at radius 3 is 2.67 bits per heavy atom. The van der Waals surface area contributed by atoms with E-state index in [1.54, 1.807) is 0 Å². The summed E-state index contributed by atoms with van der Waals surface area (Å²) in [6.45, 7) is 0. The predicted molar refractivity (Wildman–Crippen MR) is 93.1 cm³/mol. The van der Waals surface area contributed by atoms with Gasteiger partial charge in [-0.05, 0) is 42.5 Å². The number of nitrogens with zero attached hydrogens (tertiary/aromatic N) is 2. The normalized spacial score (nSPS) is 10.6. The topological polar surface area (TPSA) is 99.8 Å². The van der Waals surface area contributed by atoms with Crippen molar-refractivity contribution < 1.29 is 14.4 Å². The average Bonchev–Trinajstić information content (AvgIpc) is 2.52. The molecule has 0 unspecified atom stereocenters. The lowest BCUT2D eigenvalue weighted by Gasteiger charge is -2.06.